The largest absolute Gasteiger partial charge is 0.493 e. The molecule has 0 atom stereocenters. The van der Waals surface area contributed by atoms with E-state index in [-0.39, 0.29) is 0 Å². The number of carbonyl (C=O) groups excluding carboxylic acids is 1. The van der Waals surface area contributed by atoms with E-state index >= 15 is 0 Å². The molecule has 1 fully saturated rings. The minimum atomic E-state index is -0.484. The molecule has 0 unspecified atom stereocenters. The van der Waals surface area contributed by atoms with Crippen molar-refractivity contribution in [2.24, 2.45) is 5.10 Å². The predicted molar refractivity (Wildman–Crippen MR) is 159 cm³/mol. The first kappa shape index (κ1) is 27.1. The summed E-state index contributed by atoms with van der Waals surface area (Å²) in [6, 6.07) is 21.9. The number of nitrogens with zero attached hydrogens (tertiary/aromatic N) is 5. The van der Waals surface area contributed by atoms with E-state index in [1.807, 2.05) is 36.4 Å². The molecular weight excluding hydrogens is 574 g/mol. The van der Waals surface area contributed by atoms with Crippen LogP contribution in [-0.2, 0) is 0 Å². The van der Waals surface area contributed by atoms with Gasteiger partial charge in [-0.05, 0) is 73.4 Å². The predicted octanol–water partition coefficient (Wildman–Crippen LogP) is 6.04. The van der Waals surface area contributed by atoms with E-state index in [1.165, 1.54) is 13.5 Å². The molecular formula is C29H28BrN7O3. The standard InChI is InChI=1S/C29H28BrN7O3/c1-39-25-17-20(13-14-24(25)40-26(38)21-9-8-10-22(30)18-21)19-31-36-28-33-27(32-23-11-4-2-5-12-23)34-29(35-28)37-15-6-3-7-16-37/h2,4-5,8-14,17-19H,3,6-7,15-16H2,1H3,(H2,32,33,34,35,36)/b31-19+. The minimum Gasteiger partial charge on any atom is -0.493 e. The molecule has 0 bridgehead atoms. The van der Waals surface area contributed by atoms with Crippen LogP contribution >= 0.6 is 15.9 Å². The van der Waals surface area contributed by atoms with Crippen molar-refractivity contribution in [3.63, 3.8) is 0 Å². The highest BCUT2D eigenvalue weighted by atomic mass is 79.9. The molecule has 4 aromatic rings. The molecule has 1 saturated heterocycles. The van der Waals surface area contributed by atoms with Crippen LogP contribution in [0.25, 0.3) is 0 Å². The number of halogens is 1. The van der Waals surface area contributed by atoms with Crippen LogP contribution in [0, 0.1) is 0 Å². The summed E-state index contributed by atoms with van der Waals surface area (Å²) in [5.74, 6) is 1.56. The number of nitrogens with one attached hydrogen (secondary N) is 2. The van der Waals surface area contributed by atoms with Crippen molar-refractivity contribution in [1.29, 1.82) is 0 Å². The first-order chi connectivity index (χ1) is 19.6. The van der Waals surface area contributed by atoms with Gasteiger partial charge in [0.1, 0.15) is 0 Å². The smallest absolute Gasteiger partial charge is 0.343 e. The molecule has 0 aliphatic carbocycles. The fourth-order valence-electron chi connectivity index (χ4n) is 4.14. The summed E-state index contributed by atoms with van der Waals surface area (Å²) < 4.78 is 11.8. The molecule has 0 saturated carbocycles. The zero-order chi connectivity index (χ0) is 27.7. The maximum Gasteiger partial charge on any atom is 0.343 e. The van der Waals surface area contributed by atoms with Crippen LogP contribution in [0.3, 0.4) is 0 Å². The summed E-state index contributed by atoms with van der Waals surface area (Å²) in [6.45, 7) is 1.80. The Hall–Kier alpha value is -4.51. The number of methoxy groups -OCH3 is 1. The number of piperidine rings is 1. The zero-order valence-electron chi connectivity index (χ0n) is 21.9. The molecule has 40 heavy (non-hydrogen) atoms. The van der Waals surface area contributed by atoms with Gasteiger partial charge in [0.25, 0.3) is 0 Å². The molecule has 1 aliphatic heterocycles. The lowest BCUT2D eigenvalue weighted by molar-refractivity contribution is 0.0729. The summed E-state index contributed by atoms with van der Waals surface area (Å²) in [7, 11) is 1.51. The Labute approximate surface area is 240 Å². The van der Waals surface area contributed by atoms with Crippen molar-refractivity contribution < 1.29 is 14.3 Å². The highest BCUT2D eigenvalue weighted by molar-refractivity contribution is 9.10. The summed E-state index contributed by atoms with van der Waals surface area (Å²) in [5.41, 5.74) is 4.94. The molecule has 0 spiro atoms. The van der Waals surface area contributed by atoms with E-state index in [4.69, 9.17) is 9.47 Å². The Morgan fingerprint density at radius 3 is 2.50 bits per heavy atom. The van der Waals surface area contributed by atoms with E-state index in [2.05, 4.69) is 51.6 Å². The van der Waals surface area contributed by atoms with Crippen molar-refractivity contribution in [2.45, 2.75) is 19.3 Å². The Kier molecular flexibility index (Phi) is 8.82. The normalized spacial score (nSPS) is 13.2. The number of rotatable bonds is 9. The van der Waals surface area contributed by atoms with Crippen LogP contribution in [0.1, 0.15) is 35.2 Å². The maximum atomic E-state index is 12.6. The van der Waals surface area contributed by atoms with E-state index in [1.54, 1.807) is 42.6 Å². The van der Waals surface area contributed by atoms with Gasteiger partial charge < -0.3 is 19.7 Å². The fourth-order valence-corrected chi connectivity index (χ4v) is 4.54. The molecule has 0 amide bonds. The topological polar surface area (TPSA) is 114 Å². The van der Waals surface area contributed by atoms with Crippen molar-refractivity contribution in [3.8, 4) is 11.5 Å². The second kappa shape index (κ2) is 13.0. The number of ether oxygens (including phenoxy) is 2. The molecule has 204 valence electrons. The summed E-state index contributed by atoms with van der Waals surface area (Å²) >= 11 is 3.37. The van der Waals surface area contributed by atoms with Gasteiger partial charge in [0.05, 0.1) is 18.9 Å². The molecule has 2 N–H and O–H groups in total. The third-order valence-electron chi connectivity index (χ3n) is 6.12. The summed E-state index contributed by atoms with van der Waals surface area (Å²) in [4.78, 5) is 28.5. The van der Waals surface area contributed by atoms with Gasteiger partial charge in [-0.3, -0.25) is 0 Å². The third-order valence-corrected chi connectivity index (χ3v) is 6.61. The van der Waals surface area contributed by atoms with Crippen LogP contribution in [0.4, 0.5) is 23.5 Å². The van der Waals surface area contributed by atoms with Crippen molar-refractivity contribution in [3.05, 3.63) is 88.4 Å². The molecule has 0 radical (unpaired) electrons. The Morgan fingerprint density at radius 2 is 1.73 bits per heavy atom. The van der Waals surface area contributed by atoms with Crippen molar-refractivity contribution in [1.82, 2.24) is 15.0 Å². The van der Waals surface area contributed by atoms with Crippen LogP contribution < -0.4 is 25.1 Å². The molecule has 1 aromatic heterocycles. The average molecular weight is 602 g/mol. The van der Waals surface area contributed by atoms with E-state index in [9.17, 15) is 4.79 Å². The Balaban J connectivity index is 1.31. The third kappa shape index (κ3) is 7.11. The monoisotopic (exact) mass is 601 g/mol. The van der Waals surface area contributed by atoms with Gasteiger partial charge in [-0.1, -0.05) is 40.2 Å². The molecule has 1 aliphatic rings. The first-order valence-corrected chi connectivity index (χ1v) is 13.6. The molecule has 2 heterocycles. The van der Waals surface area contributed by atoms with E-state index in [0.717, 1.165) is 41.7 Å². The Bertz CT molecular complexity index is 1490. The first-order valence-electron chi connectivity index (χ1n) is 12.9. The van der Waals surface area contributed by atoms with Gasteiger partial charge in [0, 0.05) is 23.2 Å². The second-order valence-electron chi connectivity index (χ2n) is 9.00. The van der Waals surface area contributed by atoms with Crippen molar-refractivity contribution >= 4 is 51.6 Å². The van der Waals surface area contributed by atoms with Crippen molar-refractivity contribution in [2.75, 3.05) is 35.8 Å². The minimum absolute atomic E-state index is 0.304. The number of carbonyl (C=O) groups is 1. The second-order valence-corrected chi connectivity index (χ2v) is 9.92. The van der Waals surface area contributed by atoms with Gasteiger partial charge in [-0.2, -0.15) is 20.1 Å². The molecule has 5 rings (SSSR count). The fraction of sp³-hybridized carbons (Fsp3) is 0.207. The van der Waals surface area contributed by atoms with Crippen LogP contribution in [0.15, 0.2) is 82.4 Å². The Morgan fingerprint density at radius 1 is 0.925 bits per heavy atom. The zero-order valence-corrected chi connectivity index (χ0v) is 23.5. The molecule has 10 nitrogen and oxygen atoms in total. The van der Waals surface area contributed by atoms with Gasteiger partial charge in [-0.15, -0.1) is 0 Å². The lowest BCUT2D eigenvalue weighted by atomic mass is 10.1. The SMILES string of the molecule is COc1cc(/C=N/Nc2nc(Nc3ccccc3)nc(N3CCCCC3)n2)ccc1OC(=O)c1cccc(Br)c1. The number of anilines is 4. The van der Waals surface area contributed by atoms with E-state index in [0.29, 0.717) is 34.9 Å². The number of esters is 1. The van der Waals surface area contributed by atoms with Gasteiger partial charge in [0.15, 0.2) is 11.5 Å². The number of aromatic nitrogens is 3. The number of hydrazone groups is 1. The average Bonchev–Trinajstić information content (AvgIpc) is 2.98. The number of hydrogen-bond donors (Lipinski definition) is 2. The van der Waals surface area contributed by atoms with Gasteiger partial charge in [-0.25, -0.2) is 10.2 Å². The van der Waals surface area contributed by atoms with Crippen LogP contribution in [0.2, 0.25) is 0 Å². The number of para-hydroxylation sites is 1. The number of hydrogen-bond acceptors (Lipinski definition) is 10. The van der Waals surface area contributed by atoms with Gasteiger partial charge >= 0.3 is 5.97 Å². The highest BCUT2D eigenvalue weighted by Gasteiger charge is 2.17. The lowest BCUT2D eigenvalue weighted by Gasteiger charge is -2.26. The van der Waals surface area contributed by atoms with E-state index < -0.39 is 5.97 Å². The maximum absolute atomic E-state index is 12.6. The lowest BCUT2D eigenvalue weighted by Crippen LogP contribution is -2.31. The van der Waals surface area contributed by atoms with Crippen LogP contribution in [-0.4, -0.2) is 47.3 Å². The summed E-state index contributed by atoms with van der Waals surface area (Å²) in [5, 5.41) is 7.57. The van der Waals surface area contributed by atoms with Crippen LogP contribution in [0.5, 0.6) is 11.5 Å². The van der Waals surface area contributed by atoms with Gasteiger partial charge in [0.2, 0.25) is 17.8 Å². The number of benzene rings is 3. The quantitative estimate of drug-likeness (QED) is 0.102. The highest BCUT2D eigenvalue weighted by Crippen LogP contribution is 2.29. The summed E-state index contributed by atoms with van der Waals surface area (Å²) in [6.07, 6.45) is 5.02. The molecule has 3 aromatic carbocycles. The molecule has 11 heteroatoms.